The van der Waals surface area contributed by atoms with Crippen LogP contribution in [0.1, 0.15) is 24.3 Å². The smallest absolute Gasteiger partial charge is 0.231 e. The van der Waals surface area contributed by atoms with Crippen LogP contribution in [0.25, 0.3) is 0 Å². The fraction of sp³-hybridized carbons (Fsp3) is 0.533. The van der Waals surface area contributed by atoms with Gasteiger partial charge in [0.15, 0.2) is 0 Å². The highest BCUT2D eigenvalue weighted by Crippen LogP contribution is 2.20. The lowest BCUT2D eigenvalue weighted by Crippen LogP contribution is -2.51. The average molecular weight is 325 g/mol. The highest BCUT2D eigenvalue weighted by atomic mass is 32.2. The number of nitrogens with zero attached hydrogens (tertiary/aromatic N) is 1. The van der Waals surface area contributed by atoms with E-state index in [1.807, 2.05) is 30.3 Å². The Balaban J connectivity index is 2.07. The number of sulfonamides is 1. The molecular weight excluding hydrogens is 302 g/mol. The van der Waals surface area contributed by atoms with Crippen molar-refractivity contribution < 1.29 is 13.2 Å². The number of nitrogens with one attached hydrogen (secondary N) is 1. The zero-order valence-electron chi connectivity index (χ0n) is 12.7. The van der Waals surface area contributed by atoms with Crippen LogP contribution in [0.15, 0.2) is 30.3 Å². The molecular formula is C15H23N3O3S. The van der Waals surface area contributed by atoms with Crippen molar-refractivity contribution in [2.75, 3.05) is 25.9 Å². The van der Waals surface area contributed by atoms with Gasteiger partial charge in [-0.3, -0.25) is 4.79 Å². The monoisotopic (exact) mass is 325 g/mol. The molecule has 0 saturated carbocycles. The maximum atomic E-state index is 12.7. The lowest BCUT2D eigenvalue weighted by Gasteiger charge is -2.34. The predicted molar refractivity (Wildman–Crippen MR) is 85.8 cm³/mol. The number of rotatable bonds is 5. The first-order valence-electron chi connectivity index (χ1n) is 7.42. The molecule has 2 rings (SSSR count). The molecule has 7 heteroatoms. The van der Waals surface area contributed by atoms with Crippen LogP contribution >= 0.6 is 0 Å². The van der Waals surface area contributed by atoms with Gasteiger partial charge in [0, 0.05) is 25.7 Å². The van der Waals surface area contributed by atoms with Gasteiger partial charge in [-0.15, -0.1) is 0 Å². The van der Waals surface area contributed by atoms with E-state index in [1.165, 1.54) is 0 Å². The van der Waals surface area contributed by atoms with E-state index in [0.29, 0.717) is 13.1 Å². The lowest BCUT2D eigenvalue weighted by atomic mass is 9.96. The van der Waals surface area contributed by atoms with Gasteiger partial charge in [0.25, 0.3) is 0 Å². The average Bonchev–Trinajstić information content (AvgIpc) is 2.47. The summed E-state index contributed by atoms with van der Waals surface area (Å²) in [6, 6.07) is 9.23. The molecule has 1 heterocycles. The third-order valence-electron chi connectivity index (χ3n) is 3.85. The van der Waals surface area contributed by atoms with E-state index in [2.05, 4.69) is 4.72 Å². The molecule has 1 aliphatic rings. The molecule has 1 saturated heterocycles. The number of benzene rings is 1. The predicted octanol–water partition coefficient (Wildman–Crippen LogP) is 0.269. The molecule has 0 radical (unpaired) electrons. The van der Waals surface area contributed by atoms with Gasteiger partial charge < -0.3 is 10.6 Å². The quantitative estimate of drug-likeness (QED) is 0.813. The first-order chi connectivity index (χ1) is 10.4. The van der Waals surface area contributed by atoms with E-state index >= 15 is 0 Å². The molecule has 0 aromatic heterocycles. The summed E-state index contributed by atoms with van der Waals surface area (Å²) in [5.74, 6) is -0.410. The number of likely N-dealkylation sites (tertiary alicyclic amines) is 1. The third-order valence-corrected chi connectivity index (χ3v) is 4.61. The molecule has 1 fully saturated rings. The van der Waals surface area contributed by atoms with Crippen molar-refractivity contribution in [3.63, 3.8) is 0 Å². The number of hydrogen-bond acceptors (Lipinski definition) is 4. The van der Waals surface area contributed by atoms with E-state index in [-0.39, 0.29) is 24.4 Å². The number of carbonyl (C=O) groups excluding carboxylic acids is 1. The summed E-state index contributed by atoms with van der Waals surface area (Å²) < 4.78 is 25.3. The van der Waals surface area contributed by atoms with Crippen LogP contribution in [-0.2, 0) is 14.8 Å². The zero-order valence-corrected chi connectivity index (χ0v) is 13.6. The van der Waals surface area contributed by atoms with Crippen LogP contribution in [0.5, 0.6) is 0 Å². The van der Waals surface area contributed by atoms with Crippen LogP contribution in [0, 0.1) is 0 Å². The second-order valence-corrected chi connectivity index (χ2v) is 7.49. The minimum absolute atomic E-state index is 0.0336. The maximum Gasteiger partial charge on any atom is 0.231 e. The summed E-state index contributed by atoms with van der Waals surface area (Å²) in [6.07, 6.45) is 2.67. The number of nitrogens with two attached hydrogens (primary N) is 1. The number of hydrogen-bond donors (Lipinski definition) is 2. The number of piperidine rings is 1. The van der Waals surface area contributed by atoms with Gasteiger partial charge in [-0.1, -0.05) is 30.3 Å². The van der Waals surface area contributed by atoms with Crippen molar-refractivity contribution >= 4 is 15.9 Å². The molecule has 0 aliphatic carbocycles. The molecule has 1 aliphatic heterocycles. The van der Waals surface area contributed by atoms with Gasteiger partial charge >= 0.3 is 0 Å². The van der Waals surface area contributed by atoms with E-state index in [9.17, 15) is 13.2 Å². The Kier molecular flexibility index (Phi) is 5.55. The molecule has 0 unspecified atom stereocenters. The van der Waals surface area contributed by atoms with Crippen molar-refractivity contribution in [3.8, 4) is 0 Å². The Bertz CT molecular complexity index is 604. The largest absolute Gasteiger partial charge is 0.341 e. The molecule has 1 amide bonds. The van der Waals surface area contributed by atoms with Crippen LogP contribution in [0.2, 0.25) is 0 Å². The van der Waals surface area contributed by atoms with Crippen LogP contribution in [0.4, 0.5) is 0 Å². The Labute approximate surface area is 131 Å². The molecule has 6 nitrogen and oxygen atoms in total. The van der Waals surface area contributed by atoms with Crippen LogP contribution in [0.3, 0.4) is 0 Å². The first kappa shape index (κ1) is 16.9. The SMILES string of the molecule is CS(=O)(=O)N[C@@H]1CCCN(C(=O)[C@H](CN)c2ccccc2)C1. The third kappa shape index (κ3) is 4.53. The van der Waals surface area contributed by atoms with E-state index in [0.717, 1.165) is 24.7 Å². The minimum atomic E-state index is -3.26. The molecule has 3 N–H and O–H groups in total. The van der Waals surface area contributed by atoms with Crippen molar-refractivity contribution in [1.82, 2.24) is 9.62 Å². The normalized spacial score (nSPS) is 20.6. The van der Waals surface area contributed by atoms with Crippen molar-refractivity contribution in [2.45, 2.75) is 24.8 Å². The molecule has 122 valence electrons. The maximum absolute atomic E-state index is 12.7. The van der Waals surface area contributed by atoms with E-state index < -0.39 is 10.0 Å². The lowest BCUT2D eigenvalue weighted by molar-refractivity contribution is -0.133. The number of amides is 1. The molecule has 22 heavy (non-hydrogen) atoms. The van der Waals surface area contributed by atoms with E-state index in [4.69, 9.17) is 5.73 Å². The zero-order chi connectivity index (χ0) is 16.2. The van der Waals surface area contributed by atoms with Crippen molar-refractivity contribution in [1.29, 1.82) is 0 Å². The van der Waals surface area contributed by atoms with Crippen molar-refractivity contribution in [3.05, 3.63) is 35.9 Å². The summed E-state index contributed by atoms with van der Waals surface area (Å²) in [4.78, 5) is 14.4. The van der Waals surface area contributed by atoms with Crippen LogP contribution in [-0.4, -0.2) is 51.2 Å². The van der Waals surface area contributed by atoms with Crippen molar-refractivity contribution in [2.24, 2.45) is 5.73 Å². The summed E-state index contributed by atoms with van der Waals surface area (Å²) in [5.41, 5.74) is 6.69. The summed E-state index contributed by atoms with van der Waals surface area (Å²) >= 11 is 0. The number of carbonyl (C=O) groups is 1. The molecule has 0 bridgehead atoms. The van der Waals surface area contributed by atoms with Gasteiger partial charge in [-0.25, -0.2) is 13.1 Å². The van der Waals surface area contributed by atoms with Crippen LogP contribution < -0.4 is 10.5 Å². The van der Waals surface area contributed by atoms with E-state index in [1.54, 1.807) is 4.90 Å². The second-order valence-electron chi connectivity index (χ2n) is 5.71. The Morgan fingerprint density at radius 2 is 2.09 bits per heavy atom. The molecule has 1 aromatic carbocycles. The summed E-state index contributed by atoms with van der Waals surface area (Å²) in [5, 5.41) is 0. The van der Waals surface area contributed by atoms with Gasteiger partial charge in [-0.05, 0) is 18.4 Å². The van der Waals surface area contributed by atoms with Gasteiger partial charge in [0.2, 0.25) is 15.9 Å². The highest BCUT2D eigenvalue weighted by Gasteiger charge is 2.30. The first-order valence-corrected chi connectivity index (χ1v) is 9.31. The Hall–Kier alpha value is -1.44. The summed E-state index contributed by atoms with van der Waals surface area (Å²) in [7, 11) is -3.26. The fourth-order valence-electron chi connectivity index (χ4n) is 2.86. The summed E-state index contributed by atoms with van der Waals surface area (Å²) in [6.45, 7) is 1.28. The fourth-order valence-corrected chi connectivity index (χ4v) is 3.66. The Morgan fingerprint density at radius 3 is 2.68 bits per heavy atom. The molecule has 0 spiro atoms. The van der Waals surface area contributed by atoms with Gasteiger partial charge in [0.1, 0.15) is 0 Å². The second kappa shape index (κ2) is 7.21. The minimum Gasteiger partial charge on any atom is -0.341 e. The molecule has 1 aromatic rings. The van der Waals surface area contributed by atoms with Gasteiger partial charge in [0.05, 0.1) is 12.2 Å². The highest BCUT2D eigenvalue weighted by molar-refractivity contribution is 7.88. The standard InChI is InChI=1S/C15H23N3O3S/c1-22(20,21)17-13-8-5-9-18(11-13)15(19)14(10-16)12-6-3-2-4-7-12/h2-4,6-7,13-14,17H,5,8-11,16H2,1H3/t13-,14-/m1/s1. The molecule has 2 atom stereocenters. The van der Waals surface area contributed by atoms with Gasteiger partial charge in [-0.2, -0.15) is 0 Å². The Morgan fingerprint density at radius 1 is 1.41 bits per heavy atom. The topological polar surface area (TPSA) is 92.5 Å².